The fourth-order valence-corrected chi connectivity index (χ4v) is 4.05. The summed E-state index contributed by atoms with van der Waals surface area (Å²) < 4.78 is 5.81. The Morgan fingerprint density at radius 2 is 2.14 bits per heavy atom. The largest absolute Gasteiger partial charge is 0.478 e. The summed E-state index contributed by atoms with van der Waals surface area (Å²) in [4.78, 5) is 29.3. The van der Waals surface area contributed by atoms with Gasteiger partial charge in [-0.2, -0.15) is 0 Å². The highest BCUT2D eigenvalue weighted by Gasteiger charge is 2.34. The average Bonchev–Trinajstić information content (AvgIpc) is 2.68. The Bertz CT molecular complexity index is 706. The van der Waals surface area contributed by atoms with Gasteiger partial charge in [0, 0.05) is 19.1 Å². The van der Waals surface area contributed by atoms with E-state index in [0.717, 1.165) is 25.1 Å². The van der Waals surface area contributed by atoms with Gasteiger partial charge in [-0.15, -0.1) is 0 Å². The number of nitrogens with one attached hydrogen (secondary N) is 1. The van der Waals surface area contributed by atoms with Crippen LogP contribution >= 0.6 is 0 Å². The molecule has 2 aliphatic rings. The Morgan fingerprint density at radius 3 is 2.89 bits per heavy atom. The van der Waals surface area contributed by atoms with Crippen molar-refractivity contribution in [1.29, 1.82) is 0 Å². The minimum Gasteiger partial charge on any atom is -0.478 e. The number of hydrogen-bond donors (Lipinski definition) is 1. The van der Waals surface area contributed by atoms with E-state index in [2.05, 4.69) is 17.1 Å². The van der Waals surface area contributed by atoms with Crippen molar-refractivity contribution in [2.75, 3.05) is 31.1 Å². The van der Waals surface area contributed by atoms with Crippen molar-refractivity contribution in [1.82, 2.24) is 10.2 Å². The summed E-state index contributed by atoms with van der Waals surface area (Å²) in [5, 5.41) is 2.98. The molecule has 6 nitrogen and oxygen atoms in total. The molecule has 28 heavy (non-hydrogen) atoms. The number of carbonyl (C=O) groups excluding carboxylic acids is 2. The lowest BCUT2D eigenvalue weighted by Crippen LogP contribution is -2.49. The fraction of sp³-hybridized carbons (Fsp3) is 0.636. The van der Waals surface area contributed by atoms with E-state index in [1.165, 1.54) is 19.3 Å². The third-order valence-electron chi connectivity index (χ3n) is 5.77. The van der Waals surface area contributed by atoms with Crippen molar-refractivity contribution in [3.05, 3.63) is 23.8 Å². The van der Waals surface area contributed by atoms with Gasteiger partial charge in [-0.1, -0.05) is 19.4 Å². The van der Waals surface area contributed by atoms with Crippen molar-refractivity contribution >= 4 is 17.5 Å². The maximum Gasteiger partial charge on any atom is 0.268 e. The maximum atomic E-state index is 12.8. The lowest BCUT2D eigenvalue weighted by molar-refractivity contribution is -0.129. The second kappa shape index (κ2) is 9.41. The number of nitrogens with zero attached hydrogens (tertiary/aromatic N) is 2. The molecule has 0 radical (unpaired) electrons. The molecular weight excluding hydrogens is 354 g/mol. The van der Waals surface area contributed by atoms with Gasteiger partial charge >= 0.3 is 0 Å². The van der Waals surface area contributed by atoms with Crippen LogP contribution in [0.1, 0.15) is 51.5 Å². The predicted octanol–water partition coefficient (Wildman–Crippen LogP) is 2.88. The van der Waals surface area contributed by atoms with Gasteiger partial charge in [-0.05, 0) is 63.8 Å². The number of aryl methyl sites for hydroxylation is 1. The second-order valence-corrected chi connectivity index (χ2v) is 7.99. The Kier molecular flexibility index (Phi) is 6.94. The van der Waals surface area contributed by atoms with E-state index < -0.39 is 6.10 Å². The molecule has 2 amide bonds. The molecule has 2 aliphatic heterocycles. The van der Waals surface area contributed by atoms with Crippen molar-refractivity contribution in [2.24, 2.45) is 0 Å². The van der Waals surface area contributed by atoms with Crippen LogP contribution in [-0.2, 0) is 9.59 Å². The maximum absolute atomic E-state index is 12.8. The first-order valence-corrected chi connectivity index (χ1v) is 10.6. The average molecular weight is 388 g/mol. The Morgan fingerprint density at radius 1 is 1.32 bits per heavy atom. The number of anilines is 1. The van der Waals surface area contributed by atoms with Gasteiger partial charge < -0.3 is 15.0 Å². The van der Waals surface area contributed by atoms with Gasteiger partial charge in [0.25, 0.3) is 5.91 Å². The van der Waals surface area contributed by atoms with E-state index in [1.807, 2.05) is 32.0 Å². The minimum atomic E-state index is -0.524. The Hall–Kier alpha value is -2.08. The number of benzene rings is 1. The summed E-state index contributed by atoms with van der Waals surface area (Å²) in [6.07, 6.45) is 4.85. The monoisotopic (exact) mass is 387 g/mol. The van der Waals surface area contributed by atoms with Gasteiger partial charge in [-0.25, -0.2) is 0 Å². The van der Waals surface area contributed by atoms with Crippen LogP contribution in [0.4, 0.5) is 5.69 Å². The molecule has 2 heterocycles. The molecule has 0 aromatic heterocycles. The van der Waals surface area contributed by atoms with Gasteiger partial charge in [0.2, 0.25) is 5.91 Å². The van der Waals surface area contributed by atoms with Crippen LogP contribution < -0.4 is 15.0 Å². The van der Waals surface area contributed by atoms with E-state index in [0.29, 0.717) is 30.4 Å². The van der Waals surface area contributed by atoms with Crippen molar-refractivity contribution in [3.63, 3.8) is 0 Å². The number of piperidine rings is 1. The number of ether oxygens (including phenoxy) is 1. The molecule has 6 heteroatoms. The van der Waals surface area contributed by atoms with Crippen LogP contribution in [0, 0.1) is 6.92 Å². The van der Waals surface area contributed by atoms with E-state index >= 15 is 0 Å². The molecule has 0 bridgehead atoms. The number of fused-ring (bicyclic) bond motifs is 1. The summed E-state index contributed by atoms with van der Waals surface area (Å²) in [5.74, 6) is 0.408. The first-order chi connectivity index (χ1) is 13.5. The van der Waals surface area contributed by atoms with Gasteiger partial charge in [0.1, 0.15) is 12.3 Å². The molecule has 3 rings (SSSR count). The Balaban J connectivity index is 1.54. The quantitative estimate of drug-likeness (QED) is 0.731. The highest BCUT2D eigenvalue weighted by Crippen LogP contribution is 2.35. The number of hydrogen-bond acceptors (Lipinski definition) is 4. The van der Waals surface area contributed by atoms with Gasteiger partial charge in [0.15, 0.2) is 6.10 Å². The van der Waals surface area contributed by atoms with E-state index in [4.69, 9.17) is 4.74 Å². The van der Waals surface area contributed by atoms with Crippen LogP contribution in [0.3, 0.4) is 0 Å². The van der Waals surface area contributed by atoms with E-state index in [1.54, 1.807) is 4.90 Å². The molecule has 0 unspecified atom stereocenters. The summed E-state index contributed by atoms with van der Waals surface area (Å²) in [6.45, 7) is 9.01. The van der Waals surface area contributed by atoms with Crippen LogP contribution in [-0.4, -0.2) is 55.0 Å². The molecule has 154 valence electrons. The van der Waals surface area contributed by atoms with Crippen molar-refractivity contribution < 1.29 is 14.3 Å². The van der Waals surface area contributed by atoms with Gasteiger partial charge in [-0.3, -0.25) is 14.5 Å². The fourth-order valence-electron chi connectivity index (χ4n) is 4.05. The minimum absolute atomic E-state index is 0.0370. The second-order valence-electron chi connectivity index (χ2n) is 7.99. The molecule has 1 N–H and O–H groups in total. The molecule has 1 fully saturated rings. The molecule has 1 aromatic rings. The molecule has 0 spiro atoms. The third-order valence-corrected chi connectivity index (χ3v) is 5.77. The van der Waals surface area contributed by atoms with Gasteiger partial charge in [0.05, 0.1) is 5.69 Å². The Labute approximate surface area is 168 Å². The predicted molar refractivity (Wildman–Crippen MR) is 111 cm³/mol. The van der Waals surface area contributed by atoms with Crippen molar-refractivity contribution in [3.8, 4) is 5.75 Å². The molecule has 0 saturated carbocycles. The molecular formula is C22H33N3O3. The molecule has 0 aliphatic carbocycles. The SMILES string of the molecule is CC[C@H]1Oc2ccc(C)cc2N(CC(=O)NCCCN2CCCC[C@H]2C)C1=O. The zero-order chi connectivity index (χ0) is 20.1. The third kappa shape index (κ3) is 4.85. The highest BCUT2D eigenvalue weighted by atomic mass is 16.5. The zero-order valence-corrected chi connectivity index (χ0v) is 17.4. The smallest absolute Gasteiger partial charge is 0.268 e. The zero-order valence-electron chi connectivity index (χ0n) is 17.4. The lowest BCUT2D eigenvalue weighted by Gasteiger charge is -2.34. The van der Waals surface area contributed by atoms with Crippen LogP contribution in [0.15, 0.2) is 18.2 Å². The number of likely N-dealkylation sites (tertiary alicyclic amines) is 1. The molecule has 2 atom stereocenters. The molecule has 1 aromatic carbocycles. The van der Waals surface area contributed by atoms with E-state index in [-0.39, 0.29) is 18.4 Å². The van der Waals surface area contributed by atoms with Crippen LogP contribution in [0.2, 0.25) is 0 Å². The van der Waals surface area contributed by atoms with Crippen molar-refractivity contribution in [2.45, 2.75) is 65.0 Å². The van der Waals surface area contributed by atoms with Crippen LogP contribution in [0.5, 0.6) is 5.75 Å². The highest BCUT2D eigenvalue weighted by molar-refractivity contribution is 6.03. The number of carbonyl (C=O) groups is 2. The summed E-state index contributed by atoms with van der Waals surface area (Å²) >= 11 is 0. The lowest BCUT2D eigenvalue weighted by atomic mass is 10.0. The first-order valence-electron chi connectivity index (χ1n) is 10.6. The number of amides is 2. The summed E-state index contributed by atoms with van der Waals surface area (Å²) in [7, 11) is 0. The normalized spacial score (nSPS) is 22.5. The first kappa shape index (κ1) is 20.6. The summed E-state index contributed by atoms with van der Waals surface area (Å²) in [5.41, 5.74) is 1.72. The number of rotatable bonds is 7. The van der Waals surface area contributed by atoms with Crippen LogP contribution in [0.25, 0.3) is 0 Å². The van der Waals surface area contributed by atoms with E-state index in [9.17, 15) is 9.59 Å². The molecule has 1 saturated heterocycles. The summed E-state index contributed by atoms with van der Waals surface area (Å²) in [6, 6.07) is 6.39. The topological polar surface area (TPSA) is 61.9 Å². The standard InChI is InChI=1S/C22H33N3O3/c1-4-19-22(27)25(18-14-16(2)9-10-20(18)28-19)15-21(26)23-11-7-13-24-12-6-5-8-17(24)3/h9-10,14,17,19H,4-8,11-13,15H2,1-3H3,(H,23,26)/t17-,19-/m1/s1.